The molecule has 0 radical (unpaired) electrons. The summed E-state index contributed by atoms with van der Waals surface area (Å²) in [5.74, 6) is -0.0630. The fraction of sp³-hybridized carbons (Fsp3) is 0.231. The molecule has 2 rings (SSSR count). The number of carbonyl (C=O) groups excluding carboxylic acids is 1. The van der Waals surface area contributed by atoms with Crippen LogP contribution < -0.4 is 5.32 Å². The van der Waals surface area contributed by atoms with Crippen LogP contribution in [0.1, 0.15) is 17.0 Å². The summed E-state index contributed by atoms with van der Waals surface area (Å²) < 4.78 is 1.00. The molecule has 0 atom stereocenters. The quantitative estimate of drug-likeness (QED) is 0.916. The molecule has 0 aliphatic rings. The van der Waals surface area contributed by atoms with Crippen molar-refractivity contribution in [3.05, 3.63) is 45.7 Å². The van der Waals surface area contributed by atoms with Gasteiger partial charge < -0.3 is 5.32 Å². The van der Waals surface area contributed by atoms with Crippen molar-refractivity contribution in [2.45, 2.75) is 20.3 Å². The standard InChI is InChI=1S/C13H14BrN3O/c1-8-5-10(14)3-4-12(8)15-13(18)7-11-6-9(2)16-17-11/h3-6H,7H2,1-2H3,(H,15,18)(H,16,17). The summed E-state index contributed by atoms with van der Waals surface area (Å²) in [6.07, 6.45) is 0.278. The maximum atomic E-state index is 11.9. The van der Waals surface area contributed by atoms with E-state index < -0.39 is 0 Å². The van der Waals surface area contributed by atoms with Crippen molar-refractivity contribution in [3.8, 4) is 0 Å². The Hall–Kier alpha value is -1.62. The number of hydrogen-bond donors (Lipinski definition) is 2. The first-order valence-electron chi connectivity index (χ1n) is 5.61. The van der Waals surface area contributed by atoms with E-state index in [2.05, 4.69) is 31.4 Å². The van der Waals surface area contributed by atoms with Crippen LogP contribution in [0.5, 0.6) is 0 Å². The Labute approximate surface area is 114 Å². The van der Waals surface area contributed by atoms with E-state index in [0.717, 1.165) is 27.1 Å². The smallest absolute Gasteiger partial charge is 0.230 e. The summed E-state index contributed by atoms with van der Waals surface area (Å²) in [5, 5.41) is 9.74. The summed E-state index contributed by atoms with van der Waals surface area (Å²) in [4.78, 5) is 11.9. The second kappa shape index (κ2) is 5.35. The van der Waals surface area contributed by atoms with Gasteiger partial charge in [0.05, 0.1) is 12.1 Å². The first kappa shape index (κ1) is 12.8. The zero-order chi connectivity index (χ0) is 13.1. The Morgan fingerprint density at radius 2 is 2.17 bits per heavy atom. The molecule has 0 bridgehead atoms. The number of halogens is 1. The molecule has 2 N–H and O–H groups in total. The number of nitrogens with one attached hydrogen (secondary N) is 2. The number of nitrogens with zero attached hydrogens (tertiary/aromatic N) is 1. The maximum absolute atomic E-state index is 11.9. The lowest BCUT2D eigenvalue weighted by atomic mass is 10.2. The van der Waals surface area contributed by atoms with Crippen molar-refractivity contribution in [1.29, 1.82) is 0 Å². The molecule has 1 aromatic carbocycles. The van der Waals surface area contributed by atoms with Gasteiger partial charge in [0.2, 0.25) is 5.91 Å². The Balaban J connectivity index is 2.03. The molecule has 1 amide bonds. The third-order valence-corrected chi connectivity index (χ3v) is 3.06. The lowest BCUT2D eigenvalue weighted by Crippen LogP contribution is -2.15. The van der Waals surface area contributed by atoms with Gasteiger partial charge in [0.15, 0.2) is 0 Å². The summed E-state index contributed by atoms with van der Waals surface area (Å²) >= 11 is 3.39. The molecule has 18 heavy (non-hydrogen) atoms. The van der Waals surface area contributed by atoms with E-state index in [0.29, 0.717) is 0 Å². The van der Waals surface area contributed by atoms with Crippen LogP contribution in [0, 0.1) is 13.8 Å². The molecule has 5 heteroatoms. The summed E-state index contributed by atoms with van der Waals surface area (Å²) in [5.41, 5.74) is 3.56. The molecule has 0 spiro atoms. The number of anilines is 1. The topological polar surface area (TPSA) is 57.8 Å². The normalized spacial score (nSPS) is 10.4. The number of hydrogen-bond acceptors (Lipinski definition) is 2. The highest BCUT2D eigenvalue weighted by Crippen LogP contribution is 2.20. The molecule has 0 aliphatic heterocycles. The molecule has 0 saturated heterocycles. The zero-order valence-corrected chi connectivity index (χ0v) is 11.8. The van der Waals surface area contributed by atoms with Gasteiger partial charge in [-0.25, -0.2) is 0 Å². The molecule has 0 aliphatic carbocycles. The Morgan fingerprint density at radius 1 is 1.39 bits per heavy atom. The minimum Gasteiger partial charge on any atom is -0.326 e. The van der Waals surface area contributed by atoms with E-state index in [1.165, 1.54) is 0 Å². The van der Waals surface area contributed by atoms with Gasteiger partial charge in [-0.15, -0.1) is 0 Å². The van der Waals surface area contributed by atoms with Gasteiger partial charge in [0.25, 0.3) is 0 Å². The minimum absolute atomic E-state index is 0.0630. The predicted molar refractivity (Wildman–Crippen MR) is 74.5 cm³/mol. The lowest BCUT2D eigenvalue weighted by molar-refractivity contribution is -0.115. The van der Waals surface area contributed by atoms with Crippen LogP contribution in [0.4, 0.5) is 5.69 Å². The first-order chi connectivity index (χ1) is 8.54. The predicted octanol–water partition coefficient (Wildman–Crippen LogP) is 2.97. The number of aromatic nitrogens is 2. The highest BCUT2D eigenvalue weighted by molar-refractivity contribution is 9.10. The van der Waals surface area contributed by atoms with Crippen LogP contribution in [-0.2, 0) is 11.2 Å². The molecule has 0 fully saturated rings. The highest BCUT2D eigenvalue weighted by Gasteiger charge is 2.08. The molecular weight excluding hydrogens is 294 g/mol. The van der Waals surface area contributed by atoms with Crippen LogP contribution in [0.3, 0.4) is 0 Å². The van der Waals surface area contributed by atoms with Crippen LogP contribution in [0.25, 0.3) is 0 Å². The van der Waals surface area contributed by atoms with Crippen LogP contribution in [0.2, 0.25) is 0 Å². The Bertz CT molecular complexity index is 577. The average Bonchev–Trinajstić information content (AvgIpc) is 2.68. The van der Waals surface area contributed by atoms with E-state index in [1.54, 1.807) is 0 Å². The van der Waals surface area contributed by atoms with Gasteiger partial charge in [-0.2, -0.15) is 5.10 Å². The number of H-pyrrole nitrogens is 1. The SMILES string of the molecule is Cc1cc(CC(=O)Nc2ccc(Br)cc2C)n[nH]1. The molecular formula is C13H14BrN3O. The van der Waals surface area contributed by atoms with Crippen molar-refractivity contribution < 1.29 is 4.79 Å². The zero-order valence-electron chi connectivity index (χ0n) is 10.2. The van der Waals surface area contributed by atoms with Crippen molar-refractivity contribution in [3.63, 3.8) is 0 Å². The van der Waals surface area contributed by atoms with Crippen molar-refractivity contribution >= 4 is 27.5 Å². The number of aromatic amines is 1. The van der Waals surface area contributed by atoms with Gasteiger partial charge in [0.1, 0.15) is 0 Å². The second-order valence-electron chi connectivity index (χ2n) is 4.23. The van der Waals surface area contributed by atoms with Gasteiger partial charge in [-0.1, -0.05) is 15.9 Å². The third kappa shape index (κ3) is 3.20. The Kier molecular flexibility index (Phi) is 3.81. The molecule has 0 unspecified atom stereocenters. The molecule has 94 valence electrons. The van der Waals surface area contributed by atoms with Crippen molar-refractivity contribution in [2.75, 3.05) is 5.32 Å². The van der Waals surface area contributed by atoms with Crippen molar-refractivity contribution in [2.24, 2.45) is 0 Å². The molecule has 1 aromatic heterocycles. The second-order valence-corrected chi connectivity index (χ2v) is 5.14. The van der Waals surface area contributed by atoms with E-state index in [9.17, 15) is 4.79 Å². The summed E-state index contributed by atoms with van der Waals surface area (Å²) in [6, 6.07) is 7.62. The largest absolute Gasteiger partial charge is 0.326 e. The summed E-state index contributed by atoms with van der Waals surface area (Å²) in [7, 11) is 0. The number of amides is 1. The first-order valence-corrected chi connectivity index (χ1v) is 6.41. The third-order valence-electron chi connectivity index (χ3n) is 2.56. The number of carbonyl (C=O) groups is 1. The van der Waals surface area contributed by atoms with Gasteiger partial charge in [-0.05, 0) is 43.7 Å². The lowest BCUT2D eigenvalue weighted by Gasteiger charge is -2.07. The fourth-order valence-corrected chi connectivity index (χ4v) is 2.17. The van der Waals surface area contributed by atoms with Crippen LogP contribution in [-0.4, -0.2) is 16.1 Å². The Morgan fingerprint density at radius 3 is 2.78 bits per heavy atom. The van der Waals surface area contributed by atoms with Gasteiger partial charge >= 0.3 is 0 Å². The van der Waals surface area contributed by atoms with Gasteiger partial charge in [-0.3, -0.25) is 9.89 Å². The summed E-state index contributed by atoms with van der Waals surface area (Å²) in [6.45, 7) is 3.87. The van der Waals surface area contributed by atoms with E-state index >= 15 is 0 Å². The maximum Gasteiger partial charge on any atom is 0.230 e. The molecule has 2 aromatic rings. The fourth-order valence-electron chi connectivity index (χ4n) is 1.69. The molecule has 0 saturated carbocycles. The number of benzene rings is 1. The van der Waals surface area contributed by atoms with Crippen molar-refractivity contribution in [1.82, 2.24) is 10.2 Å². The van der Waals surface area contributed by atoms with E-state index in [1.807, 2.05) is 38.1 Å². The van der Waals surface area contributed by atoms with E-state index in [-0.39, 0.29) is 12.3 Å². The minimum atomic E-state index is -0.0630. The molecule has 1 heterocycles. The van der Waals surface area contributed by atoms with E-state index in [4.69, 9.17) is 0 Å². The average molecular weight is 308 g/mol. The van der Waals surface area contributed by atoms with Gasteiger partial charge in [0, 0.05) is 15.9 Å². The highest BCUT2D eigenvalue weighted by atomic mass is 79.9. The van der Waals surface area contributed by atoms with Crippen LogP contribution >= 0.6 is 15.9 Å². The number of aryl methyl sites for hydroxylation is 2. The monoisotopic (exact) mass is 307 g/mol. The number of rotatable bonds is 3. The molecule has 4 nitrogen and oxygen atoms in total. The van der Waals surface area contributed by atoms with Crippen LogP contribution in [0.15, 0.2) is 28.7 Å².